The zero-order chi connectivity index (χ0) is 27.2. The van der Waals surface area contributed by atoms with E-state index >= 15 is 0 Å². The van der Waals surface area contributed by atoms with Crippen molar-refractivity contribution in [1.29, 1.82) is 0 Å². The van der Waals surface area contributed by atoms with E-state index in [1.54, 1.807) is 0 Å². The van der Waals surface area contributed by atoms with Crippen LogP contribution in [-0.4, -0.2) is 23.1 Å². The second-order valence-corrected chi connectivity index (χ2v) is 14.8. The first-order chi connectivity index (χ1) is 17.4. The number of ether oxygens (including phenoxy) is 1. The molecule has 0 aromatic rings. The van der Waals surface area contributed by atoms with Gasteiger partial charge in [0, 0.05) is 11.8 Å². The number of hydrogen-bond donors (Lipinski definition) is 1. The zero-order valence-electron chi connectivity index (χ0n) is 25.0. The number of rotatable bonds is 4. The number of carbonyl (C=O) groups is 2. The van der Waals surface area contributed by atoms with Gasteiger partial charge < -0.3 is 9.84 Å². The van der Waals surface area contributed by atoms with Crippen LogP contribution >= 0.6 is 0 Å². The molecule has 0 bridgehead atoms. The second kappa shape index (κ2) is 10.5. The zero-order valence-corrected chi connectivity index (χ0v) is 25.0. The molecule has 5 aliphatic carbocycles. The van der Waals surface area contributed by atoms with Crippen molar-refractivity contribution < 1.29 is 19.4 Å². The highest BCUT2D eigenvalue weighted by Gasteiger charge is 2.67. The number of fused-ring (bicyclic) bond motifs is 7. The third kappa shape index (κ3) is 4.48. The van der Waals surface area contributed by atoms with Gasteiger partial charge in [-0.2, -0.15) is 0 Å². The van der Waals surface area contributed by atoms with Crippen molar-refractivity contribution in [2.24, 2.45) is 51.2 Å². The van der Waals surface area contributed by atoms with Crippen LogP contribution in [0.4, 0.5) is 0 Å². The summed E-state index contributed by atoms with van der Waals surface area (Å²) >= 11 is 0. The monoisotopic (exact) mass is 516 g/mol. The predicted molar refractivity (Wildman–Crippen MR) is 149 cm³/mol. The van der Waals surface area contributed by atoms with Crippen molar-refractivity contribution in [2.45, 2.75) is 144 Å². The first-order valence-corrected chi connectivity index (χ1v) is 15.8. The Hall–Kier alpha value is -1.06. The van der Waals surface area contributed by atoms with Crippen LogP contribution in [0.15, 0.2) is 0 Å². The quantitative estimate of drug-likeness (QED) is 0.380. The molecule has 0 aromatic carbocycles. The van der Waals surface area contributed by atoms with Crippen molar-refractivity contribution in [1.82, 2.24) is 0 Å². The highest BCUT2D eigenvalue weighted by Crippen LogP contribution is 2.73. The van der Waals surface area contributed by atoms with E-state index in [2.05, 4.69) is 41.5 Å². The Labute approximate surface area is 227 Å². The second-order valence-electron chi connectivity index (χ2n) is 14.8. The predicted octanol–water partition coefficient (Wildman–Crippen LogP) is 8.66. The minimum atomic E-state index is -0.505. The molecule has 4 heteroatoms. The van der Waals surface area contributed by atoms with E-state index < -0.39 is 11.4 Å². The van der Waals surface area contributed by atoms with Gasteiger partial charge in [0.2, 0.25) is 0 Å². The molecule has 5 saturated carbocycles. The largest absolute Gasteiger partial charge is 0.481 e. The molecule has 4 nitrogen and oxygen atoms in total. The number of hydrogen-bond acceptors (Lipinski definition) is 3. The number of esters is 1. The van der Waals surface area contributed by atoms with Crippen molar-refractivity contribution >= 4 is 11.9 Å². The number of carboxylic acid groups (broad SMARTS) is 1. The molecule has 5 fully saturated rings. The SMILES string of the molecule is CCC.CCCC(=O)OC1CCC2(C)C(CCC3(C)C4CCC5(C(=O)O)CCCC5C4CCC32)C1(C)C. The summed E-state index contributed by atoms with van der Waals surface area (Å²) in [6.45, 7) is 16.2. The van der Waals surface area contributed by atoms with Crippen molar-refractivity contribution in [3.8, 4) is 0 Å². The van der Waals surface area contributed by atoms with E-state index in [0.717, 1.165) is 51.4 Å². The van der Waals surface area contributed by atoms with Crippen LogP contribution in [0.2, 0.25) is 0 Å². The molecule has 37 heavy (non-hydrogen) atoms. The third-order valence-corrected chi connectivity index (χ3v) is 12.6. The lowest BCUT2D eigenvalue weighted by Crippen LogP contribution is -2.63. The molecule has 1 N–H and O–H groups in total. The van der Waals surface area contributed by atoms with Crippen LogP contribution in [0.25, 0.3) is 0 Å². The van der Waals surface area contributed by atoms with E-state index in [-0.39, 0.29) is 22.9 Å². The normalized spacial score (nSPS) is 45.7. The first kappa shape index (κ1) is 28.9. The summed E-state index contributed by atoms with van der Waals surface area (Å²) in [5.41, 5.74) is 0.189. The summed E-state index contributed by atoms with van der Waals surface area (Å²) < 4.78 is 6.07. The van der Waals surface area contributed by atoms with Gasteiger partial charge in [0.25, 0.3) is 0 Å². The van der Waals surface area contributed by atoms with Gasteiger partial charge in [-0.15, -0.1) is 0 Å². The summed E-state index contributed by atoms with van der Waals surface area (Å²) in [4.78, 5) is 24.8. The molecule has 5 aliphatic rings. The van der Waals surface area contributed by atoms with Crippen LogP contribution < -0.4 is 0 Å². The van der Waals surface area contributed by atoms with E-state index in [9.17, 15) is 14.7 Å². The van der Waals surface area contributed by atoms with Crippen molar-refractivity contribution in [3.63, 3.8) is 0 Å². The molecule has 0 aliphatic heterocycles. The molecule has 212 valence electrons. The van der Waals surface area contributed by atoms with E-state index in [0.29, 0.717) is 41.4 Å². The van der Waals surface area contributed by atoms with Crippen LogP contribution in [0.3, 0.4) is 0 Å². The lowest BCUT2D eigenvalue weighted by Gasteiger charge is -2.69. The van der Waals surface area contributed by atoms with Crippen LogP contribution in [0.5, 0.6) is 0 Å². The van der Waals surface area contributed by atoms with Gasteiger partial charge in [0.1, 0.15) is 6.10 Å². The molecule has 0 heterocycles. The Bertz CT molecular complexity index is 849. The first-order valence-electron chi connectivity index (χ1n) is 15.8. The smallest absolute Gasteiger partial charge is 0.309 e. The molecule has 0 amide bonds. The fraction of sp³-hybridized carbons (Fsp3) is 0.939. The molecule has 0 radical (unpaired) electrons. The summed E-state index contributed by atoms with van der Waals surface area (Å²) in [7, 11) is 0. The van der Waals surface area contributed by atoms with E-state index in [4.69, 9.17) is 4.74 Å². The molecule has 0 aromatic heterocycles. The molecule has 0 saturated heterocycles. The van der Waals surface area contributed by atoms with Crippen LogP contribution in [0.1, 0.15) is 138 Å². The van der Waals surface area contributed by atoms with Gasteiger partial charge in [-0.3, -0.25) is 9.59 Å². The van der Waals surface area contributed by atoms with Gasteiger partial charge in [-0.25, -0.2) is 0 Å². The molecule has 0 spiro atoms. The maximum Gasteiger partial charge on any atom is 0.309 e. The summed E-state index contributed by atoms with van der Waals surface area (Å²) in [5, 5.41) is 10.2. The average molecular weight is 517 g/mol. The van der Waals surface area contributed by atoms with Gasteiger partial charge in [0.05, 0.1) is 5.41 Å². The summed E-state index contributed by atoms with van der Waals surface area (Å²) in [5.74, 6) is 2.44. The molecule has 9 atom stereocenters. The molecular formula is C33H56O4. The maximum atomic E-state index is 12.4. The topological polar surface area (TPSA) is 63.6 Å². The molecule has 9 unspecified atom stereocenters. The van der Waals surface area contributed by atoms with Gasteiger partial charge in [0.15, 0.2) is 0 Å². The van der Waals surface area contributed by atoms with E-state index in [1.165, 1.54) is 32.1 Å². The number of aliphatic carboxylic acids is 1. The minimum absolute atomic E-state index is 0.00502. The summed E-state index contributed by atoms with van der Waals surface area (Å²) in [6, 6.07) is 0. The lowest BCUT2D eigenvalue weighted by molar-refractivity contribution is -0.222. The third-order valence-electron chi connectivity index (χ3n) is 12.6. The Morgan fingerprint density at radius 1 is 0.784 bits per heavy atom. The Morgan fingerprint density at radius 2 is 1.46 bits per heavy atom. The summed E-state index contributed by atoms with van der Waals surface area (Å²) in [6.07, 6.45) is 14.9. The molecule has 5 rings (SSSR count). The van der Waals surface area contributed by atoms with E-state index in [1.807, 2.05) is 6.92 Å². The van der Waals surface area contributed by atoms with Gasteiger partial charge in [-0.1, -0.05) is 61.3 Å². The van der Waals surface area contributed by atoms with Crippen LogP contribution in [-0.2, 0) is 14.3 Å². The van der Waals surface area contributed by atoms with Gasteiger partial charge >= 0.3 is 11.9 Å². The Balaban J connectivity index is 0.00000102. The number of carbonyl (C=O) groups excluding carboxylic acids is 1. The minimum Gasteiger partial charge on any atom is -0.481 e. The maximum absolute atomic E-state index is 12.4. The standard InChI is InChI=1S/C30H48O4.C3H8/c1-6-8-25(31)34-24-14-17-29(5)22(27(24,2)3)13-16-28(4)20-12-18-30(26(32)33)15-7-9-21(30)19(20)10-11-23(28)29;1-3-2/h19-24H,6-18H2,1-5H3,(H,32,33);3H2,1-2H3. The van der Waals surface area contributed by atoms with Crippen molar-refractivity contribution in [2.75, 3.05) is 0 Å². The highest BCUT2D eigenvalue weighted by molar-refractivity contribution is 5.75. The lowest BCUT2D eigenvalue weighted by atomic mass is 9.36. The number of carboxylic acids is 1. The van der Waals surface area contributed by atoms with Crippen molar-refractivity contribution in [3.05, 3.63) is 0 Å². The fourth-order valence-electron chi connectivity index (χ4n) is 11.2. The van der Waals surface area contributed by atoms with Crippen LogP contribution in [0, 0.1) is 51.2 Å². The molecular weight excluding hydrogens is 460 g/mol. The fourth-order valence-corrected chi connectivity index (χ4v) is 11.2. The highest BCUT2D eigenvalue weighted by atomic mass is 16.5. The van der Waals surface area contributed by atoms with Gasteiger partial charge in [-0.05, 0) is 111 Å². The average Bonchev–Trinajstić information content (AvgIpc) is 3.28. The Kier molecular flexibility index (Phi) is 8.20. The Morgan fingerprint density at radius 3 is 2.11 bits per heavy atom.